The zero-order valence-electron chi connectivity index (χ0n) is 10.0. The number of rotatable bonds is 5. The van der Waals surface area contributed by atoms with E-state index in [1.54, 1.807) is 12.1 Å². The predicted molar refractivity (Wildman–Crippen MR) is 67.5 cm³/mol. The zero-order valence-corrected chi connectivity index (χ0v) is 10.8. The van der Waals surface area contributed by atoms with Gasteiger partial charge in [0.05, 0.1) is 22.6 Å². The van der Waals surface area contributed by atoms with Gasteiger partial charge in [0.2, 0.25) is 10.0 Å². The Labute approximate surface area is 113 Å². The van der Waals surface area contributed by atoms with Gasteiger partial charge in [0.1, 0.15) is 5.76 Å². The average Bonchev–Trinajstić information content (AvgIpc) is 2.89. The van der Waals surface area contributed by atoms with Crippen LogP contribution in [0, 0.1) is 10.1 Å². The van der Waals surface area contributed by atoms with E-state index in [2.05, 4.69) is 4.72 Å². The van der Waals surface area contributed by atoms with Crippen LogP contribution in [0.4, 0.5) is 5.69 Å². The quantitative estimate of drug-likeness (QED) is 0.635. The highest BCUT2D eigenvalue weighted by molar-refractivity contribution is 7.89. The number of phenols is 1. The van der Waals surface area contributed by atoms with Crippen LogP contribution in [-0.2, 0) is 16.6 Å². The second-order valence-corrected chi connectivity index (χ2v) is 5.58. The molecule has 0 aliphatic rings. The summed E-state index contributed by atoms with van der Waals surface area (Å²) in [7, 11) is -3.93. The van der Waals surface area contributed by atoms with Crippen LogP contribution in [0.2, 0.25) is 0 Å². The topological polar surface area (TPSA) is 123 Å². The number of hydrogen-bond donors (Lipinski definition) is 2. The van der Waals surface area contributed by atoms with Crippen molar-refractivity contribution in [2.75, 3.05) is 0 Å². The van der Waals surface area contributed by atoms with E-state index in [1.807, 2.05) is 0 Å². The van der Waals surface area contributed by atoms with Gasteiger partial charge < -0.3 is 9.52 Å². The Kier molecular flexibility index (Phi) is 3.72. The van der Waals surface area contributed by atoms with Crippen molar-refractivity contribution in [3.8, 4) is 5.75 Å². The van der Waals surface area contributed by atoms with E-state index < -0.39 is 26.4 Å². The third kappa shape index (κ3) is 2.95. The van der Waals surface area contributed by atoms with Gasteiger partial charge in [-0.1, -0.05) is 0 Å². The van der Waals surface area contributed by atoms with Crippen LogP contribution < -0.4 is 4.72 Å². The van der Waals surface area contributed by atoms with Crippen molar-refractivity contribution in [1.29, 1.82) is 0 Å². The molecule has 2 rings (SSSR count). The van der Waals surface area contributed by atoms with E-state index in [4.69, 9.17) is 4.42 Å². The van der Waals surface area contributed by atoms with Crippen LogP contribution >= 0.6 is 0 Å². The number of nitro groups is 1. The Bertz CT molecular complexity index is 723. The van der Waals surface area contributed by atoms with Gasteiger partial charge >= 0.3 is 5.69 Å². The number of furan rings is 1. The van der Waals surface area contributed by atoms with E-state index in [0.29, 0.717) is 5.76 Å². The van der Waals surface area contributed by atoms with Gasteiger partial charge in [-0.2, -0.15) is 0 Å². The van der Waals surface area contributed by atoms with Crippen molar-refractivity contribution < 1.29 is 22.9 Å². The first-order valence-corrected chi connectivity index (χ1v) is 6.88. The summed E-state index contributed by atoms with van der Waals surface area (Å²) >= 11 is 0. The summed E-state index contributed by atoms with van der Waals surface area (Å²) < 4.78 is 31.1. The summed E-state index contributed by atoms with van der Waals surface area (Å²) in [5, 5.41) is 19.9. The summed E-state index contributed by atoms with van der Waals surface area (Å²) in [6.07, 6.45) is 1.40. The van der Waals surface area contributed by atoms with Crippen molar-refractivity contribution in [3.05, 3.63) is 52.5 Å². The Morgan fingerprint density at radius 3 is 2.70 bits per heavy atom. The number of aromatic hydroxyl groups is 1. The molecule has 1 aromatic carbocycles. The molecule has 9 heteroatoms. The fourth-order valence-corrected chi connectivity index (χ4v) is 2.49. The monoisotopic (exact) mass is 298 g/mol. The van der Waals surface area contributed by atoms with Crippen LogP contribution in [-0.4, -0.2) is 18.4 Å². The molecule has 106 valence electrons. The molecule has 0 spiro atoms. The smallest absolute Gasteiger partial charge is 0.312 e. The number of hydrogen-bond acceptors (Lipinski definition) is 6. The van der Waals surface area contributed by atoms with Crippen molar-refractivity contribution in [2.24, 2.45) is 0 Å². The van der Waals surface area contributed by atoms with E-state index in [9.17, 15) is 23.6 Å². The second kappa shape index (κ2) is 5.31. The van der Waals surface area contributed by atoms with E-state index >= 15 is 0 Å². The molecule has 0 fully saturated rings. The molecule has 2 aromatic rings. The minimum Gasteiger partial charge on any atom is -0.502 e. The fraction of sp³-hybridized carbons (Fsp3) is 0.0909. The normalized spacial score (nSPS) is 11.4. The lowest BCUT2D eigenvalue weighted by Gasteiger charge is -2.05. The maximum Gasteiger partial charge on any atom is 0.312 e. The van der Waals surface area contributed by atoms with Crippen molar-refractivity contribution in [1.82, 2.24) is 4.72 Å². The molecule has 2 N–H and O–H groups in total. The Morgan fingerprint density at radius 2 is 2.10 bits per heavy atom. The summed E-state index contributed by atoms with van der Waals surface area (Å²) in [5.74, 6) is -0.193. The number of nitrogens with one attached hydrogen (secondary N) is 1. The molecule has 0 radical (unpaired) electrons. The predicted octanol–water partition coefficient (Wildman–Crippen LogP) is 1.37. The molecule has 0 saturated carbocycles. The molecule has 1 heterocycles. The molecule has 0 saturated heterocycles. The maximum absolute atomic E-state index is 12.0. The van der Waals surface area contributed by atoms with Gasteiger partial charge in [-0.15, -0.1) is 0 Å². The molecule has 0 atom stereocenters. The van der Waals surface area contributed by atoms with Gasteiger partial charge in [0.15, 0.2) is 5.75 Å². The van der Waals surface area contributed by atoms with Crippen LogP contribution in [0.1, 0.15) is 5.76 Å². The molecule has 1 aromatic heterocycles. The fourth-order valence-electron chi connectivity index (χ4n) is 1.48. The number of sulfonamides is 1. The highest BCUT2D eigenvalue weighted by atomic mass is 32.2. The molecule has 20 heavy (non-hydrogen) atoms. The van der Waals surface area contributed by atoms with Gasteiger partial charge in [0, 0.05) is 6.07 Å². The van der Waals surface area contributed by atoms with E-state index in [0.717, 1.165) is 18.2 Å². The minimum absolute atomic E-state index is 0.0794. The highest BCUT2D eigenvalue weighted by Crippen LogP contribution is 2.28. The molecular weight excluding hydrogens is 288 g/mol. The third-order valence-electron chi connectivity index (χ3n) is 2.47. The number of nitro benzene ring substituents is 1. The lowest BCUT2D eigenvalue weighted by atomic mass is 10.3. The van der Waals surface area contributed by atoms with Crippen LogP contribution in [0.25, 0.3) is 0 Å². The summed E-state index contributed by atoms with van der Waals surface area (Å²) in [6, 6.07) is 6.02. The molecule has 0 unspecified atom stereocenters. The molecule has 0 bridgehead atoms. The average molecular weight is 298 g/mol. The van der Waals surface area contributed by atoms with E-state index in [1.165, 1.54) is 6.26 Å². The van der Waals surface area contributed by atoms with Gasteiger partial charge in [-0.05, 0) is 24.3 Å². The summed E-state index contributed by atoms with van der Waals surface area (Å²) in [6.45, 7) is -0.0794. The second-order valence-electron chi connectivity index (χ2n) is 3.81. The Balaban J connectivity index is 2.25. The van der Waals surface area contributed by atoms with Gasteiger partial charge in [-0.25, -0.2) is 13.1 Å². The lowest BCUT2D eigenvalue weighted by Crippen LogP contribution is -2.23. The van der Waals surface area contributed by atoms with E-state index in [-0.39, 0.29) is 11.4 Å². The third-order valence-corrected chi connectivity index (χ3v) is 3.87. The zero-order chi connectivity index (χ0) is 14.8. The first kappa shape index (κ1) is 14.0. The SMILES string of the molecule is O=[N+]([O-])c1cc(S(=O)(=O)NCc2ccco2)ccc1O. The van der Waals surface area contributed by atoms with Gasteiger partial charge in [-0.3, -0.25) is 10.1 Å². The molecule has 0 amide bonds. The molecule has 0 aliphatic carbocycles. The largest absolute Gasteiger partial charge is 0.502 e. The van der Waals surface area contributed by atoms with Crippen LogP contribution in [0.5, 0.6) is 5.75 Å². The first-order valence-electron chi connectivity index (χ1n) is 5.39. The van der Waals surface area contributed by atoms with Crippen molar-refractivity contribution >= 4 is 15.7 Å². The number of nitrogens with zero attached hydrogens (tertiary/aromatic N) is 1. The molecule has 0 aliphatic heterocycles. The van der Waals surface area contributed by atoms with Crippen LogP contribution in [0.15, 0.2) is 45.9 Å². The van der Waals surface area contributed by atoms with Crippen molar-refractivity contribution in [3.63, 3.8) is 0 Å². The Hall–Kier alpha value is -2.39. The summed E-state index contributed by atoms with van der Waals surface area (Å²) in [5.41, 5.74) is -0.675. The Morgan fingerprint density at radius 1 is 1.35 bits per heavy atom. The van der Waals surface area contributed by atoms with Gasteiger partial charge in [0.25, 0.3) is 0 Å². The van der Waals surface area contributed by atoms with Crippen molar-refractivity contribution in [2.45, 2.75) is 11.4 Å². The number of phenolic OH excluding ortho intramolecular Hbond substituents is 1. The standard InChI is InChI=1S/C11H10N2O6S/c14-11-4-3-9(6-10(11)13(15)16)20(17,18)12-7-8-2-1-5-19-8/h1-6,12,14H,7H2. The summed E-state index contributed by atoms with van der Waals surface area (Å²) in [4.78, 5) is 9.49. The minimum atomic E-state index is -3.93. The number of benzene rings is 1. The highest BCUT2D eigenvalue weighted by Gasteiger charge is 2.21. The maximum atomic E-state index is 12.0. The van der Waals surface area contributed by atoms with Crippen LogP contribution in [0.3, 0.4) is 0 Å². The molecular formula is C11H10N2O6S. The first-order chi connectivity index (χ1) is 9.40. The molecule has 8 nitrogen and oxygen atoms in total. The lowest BCUT2D eigenvalue weighted by molar-refractivity contribution is -0.386.